The Balaban J connectivity index is 2.66. The number of benzene rings is 1. The van der Waals surface area contributed by atoms with Crippen LogP contribution in [0.1, 0.15) is 34.6 Å². The summed E-state index contributed by atoms with van der Waals surface area (Å²) in [5.74, 6) is 0.725. The molecule has 0 bridgehead atoms. The lowest BCUT2D eigenvalue weighted by atomic mass is 10.3. The standard InChI is InChI=1S/C15H26N2O3S/c1-11(2)16-10-13(5)21(18,19)17-14-6-8-15(9-7-14)20-12(3)4/h6-9,11-13,16-17H,10H2,1-5H3. The Bertz CT molecular complexity index is 524. The second-order valence-electron chi connectivity index (χ2n) is 5.71. The van der Waals surface area contributed by atoms with Crippen LogP contribution in [-0.2, 0) is 10.0 Å². The molecule has 5 nitrogen and oxygen atoms in total. The molecule has 0 aliphatic heterocycles. The first-order valence-electron chi connectivity index (χ1n) is 7.22. The van der Waals surface area contributed by atoms with E-state index in [1.165, 1.54) is 0 Å². The molecule has 2 N–H and O–H groups in total. The summed E-state index contributed by atoms with van der Waals surface area (Å²) in [4.78, 5) is 0. The van der Waals surface area contributed by atoms with Crippen LogP contribution in [0.5, 0.6) is 5.75 Å². The molecule has 1 unspecified atom stereocenters. The number of rotatable bonds is 8. The summed E-state index contributed by atoms with van der Waals surface area (Å²) >= 11 is 0. The smallest absolute Gasteiger partial charge is 0.236 e. The zero-order valence-corrected chi connectivity index (χ0v) is 14.2. The van der Waals surface area contributed by atoms with Crippen LogP contribution in [0.25, 0.3) is 0 Å². The summed E-state index contributed by atoms with van der Waals surface area (Å²) in [7, 11) is -3.40. The fourth-order valence-corrected chi connectivity index (χ4v) is 2.63. The maximum absolute atomic E-state index is 12.2. The van der Waals surface area contributed by atoms with Crippen LogP contribution in [-0.4, -0.2) is 32.4 Å². The molecule has 21 heavy (non-hydrogen) atoms. The number of ether oxygens (including phenoxy) is 1. The molecule has 120 valence electrons. The molecular weight excluding hydrogens is 288 g/mol. The molecule has 1 aromatic rings. The first-order chi connectivity index (χ1) is 9.70. The van der Waals surface area contributed by atoms with Gasteiger partial charge in [-0.3, -0.25) is 4.72 Å². The van der Waals surface area contributed by atoms with Crippen molar-refractivity contribution in [1.82, 2.24) is 5.32 Å². The predicted octanol–water partition coefficient (Wildman–Crippen LogP) is 2.60. The second kappa shape index (κ2) is 7.66. The van der Waals surface area contributed by atoms with Crippen molar-refractivity contribution in [1.29, 1.82) is 0 Å². The highest BCUT2D eigenvalue weighted by molar-refractivity contribution is 7.93. The highest BCUT2D eigenvalue weighted by Crippen LogP contribution is 2.18. The van der Waals surface area contributed by atoms with E-state index in [0.29, 0.717) is 12.2 Å². The fourth-order valence-electron chi connectivity index (χ4n) is 1.65. The molecule has 0 saturated carbocycles. The molecule has 0 heterocycles. The molecule has 0 amide bonds. The largest absolute Gasteiger partial charge is 0.491 e. The van der Waals surface area contributed by atoms with Gasteiger partial charge in [-0.25, -0.2) is 8.42 Å². The van der Waals surface area contributed by atoms with Gasteiger partial charge >= 0.3 is 0 Å². The Kier molecular flexibility index (Phi) is 6.48. The zero-order chi connectivity index (χ0) is 16.0. The van der Waals surface area contributed by atoms with Gasteiger partial charge < -0.3 is 10.1 Å². The van der Waals surface area contributed by atoms with E-state index in [4.69, 9.17) is 4.74 Å². The van der Waals surface area contributed by atoms with Gasteiger partial charge in [0.05, 0.1) is 11.4 Å². The Hall–Kier alpha value is -1.27. The van der Waals surface area contributed by atoms with Crippen molar-refractivity contribution in [3.05, 3.63) is 24.3 Å². The fraction of sp³-hybridized carbons (Fsp3) is 0.600. The predicted molar refractivity (Wildman–Crippen MR) is 87.3 cm³/mol. The lowest BCUT2D eigenvalue weighted by Gasteiger charge is -2.17. The molecule has 0 fully saturated rings. The van der Waals surface area contributed by atoms with Crippen LogP contribution in [0.4, 0.5) is 5.69 Å². The molecule has 0 aliphatic carbocycles. The quantitative estimate of drug-likeness (QED) is 0.774. The molecule has 0 aliphatic rings. The molecular formula is C15H26N2O3S. The molecule has 0 spiro atoms. The summed E-state index contributed by atoms with van der Waals surface area (Å²) in [6.45, 7) is 9.97. The summed E-state index contributed by atoms with van der Waals surface area (Å²) in [6, 6.07) is 7.19. The van der Waals surface area contributed by atoms with Crippen LogP contribution in [0.3, 0.4) is 0 Å². The minimum Gasteiger partial charge on any atom is -0.491 e. The van der Waals surface area contributed by atoms with Gasteiger partial charge in [-0.2, -0.15) is 0 Å². The van der Waals surface area contributed by atoms with Crippen LogP contribution in [0, 0.1) is 0 Å². The number of nitrogens with one attached hydrogen (secondary N) is 2. The second-order valence-corrected chi connectivity index (χ2v) is 7.81. The van der Waals surface area contributed by atoms with Crippen molar-refractivity contribution in [2.45, 2.75) is 52.0 Å². The molecule has 1 atom stereocenters. The van der Waals surface area contributed by atoms with E-state index in [-0.39, 0.29) is 12.1 Å². The van der Waals surface area contributed by atoms with E-state index in [2.05, 4.69) is 10.0 Å². The molecule has 1 rings (SSSR count). The maximum atomic E-state index is 12.2. The van der Waals surface area contributed by atoms with E-state index in [1.807, 2.05) is 27.7 Å². The van der Waals surface area contributed by atoms with Gasteiger partial charge in [-0.1, -0.05) is 13.8 Å². The molecule has 0 radical (unpaired) electrons. The number of anilines is 1. The highest BCUT2D eigenvalue weighted by Gasteiger charge is 2.20. The van der Waals surface area contributed by atoms with Crippen molar-refractivity contribution in [2.24, 2.45) is 0 Å². The highest BCUT2D eigenvalue weighted by atomic mass is 32.2. The minimum atomic E-state index is -3.40. The van der Waals surface area contributed by atoms with Crippen molar-refractivity contribution in [2.75, 3.05) is 11.3 Å². The van der Waals surface area contributed by atoms with Gasteiger partial charge in [-0.05, 0) is 45.0 Å². The van der Waals surface area contributed by atoms with E-state index in [9.17, 15) is 8.42 Å². The summed E-state index contributed by atoms with van der Waals surface area (Å²) in [5, 5.41) is 2.62. The Morgan fingerprint density at radius 2 is 1.62 bits per heavy atom. The zero-order valence-electron chi connectivity index (χ0n) is 13.4. The van der Waals surface area contributed by atoms with Crippen molar-refractivity contribution < 1.29 is 13.2 Å². The third kappa shape index (κ3) is 6.35. The minimum absolute atomic E-state index is 0.0923. The molecule has 0 aromatic heterocycles. The lowest BCUT2D eigenvalue weighted by molar-refractivity contribution is 0.242. The van der Waals surface area contributed by atoms with Crippen LogP contribution in [0.15, 0.2) is 24.3 Å². The number of sulfonamides is 1. The van der Waals surface area contributed by atoms with E-state index < -0.39 is 15.3 Å². The summed E-state index contributed by atoms with van der Waals surface area (Å²) in [6.07, 6.45) is 0.0923. The van der Waals surface area contributed by atoms with Crippen LogP contribution in [0.2, 0.25) is 0 Å². The monoisotopic (exact) mass is 314 g/mol. The summed E-state index contributed by atoms with van der Waals surface area (Å²) in [5.41, 5.74) is 0.544. The van der Waals surface area contributed by atoms with Gasteiger partial charge in [0.25, 0.3) is 0 Å². The SMILES string of the molecule is CC(C)NCC(C)S(=O)(=O)Nc1ccc(OC(C)C)cc1. The van der Waals surface area contributed by atoms with E-state index in [0.717, 1.165) is 5.75 Å². The van der Waals surface area contributed by atoms with Crippen molar-refractivity contribution >= 4 is 15.7 Å². The normalized spacial score (nSPS) is 13.5. The lowest BCUT2D eigenvalue weighted by Crippen LogP contribution is -2.37. The molecule has 1 aromatic carbocycles. The van der Waals surface area contributed by atoms with Crippen LogP contribution >= 0.6 is 0 Å². The topological polar surface area (TPSA) is 67.4 Å². The first-order valence-corrected chi connectivity index (χ1v) is 8.77. The average molecular weight is 314 g/mol. The van der Waals surface area contributed by atoms with Crippen molar-refractivity contribution in [3.8, 4) is 5.75 Å². The maximum Gasteiger partial charge on any atom is 0.236 e. The third-order valence-electron chi connectivity index (χ3n) is 2.83. The Labute approximate surface area is 128 Å². The Morgan fingerprint density at radius 1 is 1.05 bits per heavy atom. The number of hydrogen-bond acceptors (Lipinski definition) is 4. The van der Waals surface area contributed by atoms with Crippen molar-refractivity contribution in [3.63, 3.8) is 0 Å². The molecule has 0 saturated heterocycles. The van der Waals surface area contributed by atoms with E-state index >= 15 is 0 Å². The van der Waals surface area contributed by atoms with E-state index in [1.54, 1.807) is 31.2 Å². The first kappa shape index (κ1) is 17.8. The summed E-state index contributed by atoms with van der Waals surface area (Å²) < 4.78 is 32.5. The van der Waals surface area contributed by atoms with Gasteiger partial charge in [0.15, 0.2) is 0 Å². The van der Waals surface area contributed by atoms with Gasteiger partial charge in [-0.15, -0.1) is 0 Å². The van der Waals surface area contributed by atoms with Gasteiger partial charge in [0.1, 0.15) is 5.75 Å². The van der Waals surface area contributed by atoms with Crippen LogP contribution < -0.4 is 14.8 Å². The third-order valence-corrected chi connectivity index (χ3v) is 4.58. The molecule has 6 heteroatoms. The Morgan fingerprint density at radius 3 is 2.10 bits per heavy atom. The average Bonchev–Trinajstić information content (AvgIpc) is 2.37. The van der Waals surface area contributed by atoms with Gasteiger partial charge in [0, 0.05) is 18.3 Å². The number of hydrogen-bond donors (Lipinski definition) is 2. The van der Waals surface area contributed by atoms with Gasteiger partial charge in [0.2, 0.25) is 10.0 Å².